The van der Waals surface area contributed by atoms with Gasteiger partial charge in [-0.2, -0.15) is 4.98 Å². The van der Waals surface area contributed by atoms with Crippen LogP contribution >= 0.6 is 15.9 Å². The van der Waals surface area contributed by atoms with Crippen molar-refractivity contribution in [1.82, 2.24) is 34.9 Å². The number of amides is 1. The number of anilines is 3. The summed E-state index contributed by atoms with van der Waals surface area (Å²) >= 11 is 3.54. The minimum absolute atomic E-state index is 0.0167. The van der Waals surface area contributed by atoms with Gasteiger partial charge < -0.3 is 25.2 Å². The average Bonchev–Trinajstić information content (AvgIpc) is 3.40. The Morgan fingerprint density at radius 1 is 1.12 bits per heavy atom. The van der Waals surface area contributed by atoms with Crippen molar-refractivity contribution in [3.05, 3.63) is 75.9 Å². The molecule has 0 saturated carbocycles. The summed E-state index contributed by atoms with van der Waals surface area (Å²) in [7, 11) is 3.70. The summed E-state index contributed by atoms with van der Waals surface area (Å²) in [6.45, 7) is 6.70. The van der Waals surface area contributed by atoms with Gasteiger partial charge in [-0.25, -0.2) is 4.98 Å². The topological polar surface area (TPSA) is 113 Å². The van der Waals surface area contributed by atoms with Gasteiger partial charge in [0.05, 0.1) is 25.0 Å². The third-order valence-corrected chi connectivity index (χ3v) is 8.73. The third-order valence-electron chi connectivity index (χ3n) is 8.20. The molecule has 43 heavy (non-hydrogen) atoms. The summed E-state index contributed by atoms with van der Waals surface area (Å²) in [4.78, 5) is 27.2. The molecule has 4 heterocycles. The van der Waals surface area contributed by atoms with Crippen molar-refractivity contribution in [2.24, 2.45) is 0 Å². The fourth-order valence-electron chi connectivity index (χ4n) is 5.83. The number of halogens is 1. The number of hydrogen-bond donors (Lipinski definition) is 2. The second-order valence-electron chi connectivity index (χ2n) is 11.1. The van der Waals surface area contributed by atoms with Crippen LogP contribution in [0.25, 0.3) is 5.69 Å². The number of aryl methyl sites for hydroxylation is 1. The van der Waals surface area contributed by atoms with Crippen LogP contribution in [-0.2, 0) is 6.54 Å². The molecule has 12 heteroatoms. The Kier molecular flexibility index (Phi) is 8.31. The smallest absolute Gasteiger partial charge is 0.251 e. The van der Waals surface area contributed by atoms with Gasteiger partial charge in [0, 0.05) is 22.6 Å². The van der Waals surface area contributed by atoms with E-state index in [4.69, 9.17) is 9.72 Å². The van der Waals surface area contributed by atoms with Crippen molar-refractivity contribution in [2.45, 2.75) is 51.7 Å². The van der Waals surface area contributed by atoms with E-state index < -0.39 is 0 Å². The number of ether oxygens (including phenoxy) is 1. The van der Waals surface area contributed by atoms with Crippen molar-refractivity contribution < 1.29 is 9.53 Å². The average molecular weight is 647 g/mol. The highest BCUT2D eigenvalue weighted by Crippen LogP contribution is 2.40. The van der Waals surface area contributed by atoms with Crippen molar-refractivity contribution in [1.29, 1.82) is 0 Å². The van der Waals surface area contributed by atoms with Gasteiger partial charge >= 0.3 is 0 Å². The van der Waals surface area contributed by atoms with Crippen LogP contribution in [0.15, 0.2) is 53.1 Å². The number of likely N-dealkylation sites (tertiary alicyclic amines) is 1. The molecule has 1 fully saturated rings. The first kappa shape index (κ1) is 29.1. The fourth-order valence-corrected chi connectivity index (χ4v) is 6.09. The van der Waals surface area contributed by atoms with E-state index in [0.717, 1.165) is 65.5 Å². The lowest BCUT2D eigenvalue weighted by Crippen LogP contribution is -2.43. The van der Waals surface area contributed by atoms with E-state index in [1.54, 1.807) is 25.4 Å². The van der Waals surface area contributed by atoms with Crippen LogP contribution in [0, 0.1) is 6.92 Å². The molecule has 2 N–H and O–H groups in total. The maximum Gasteiger partial charge on any atom is 0.251 e. The van der Waals surface area contributed by atoms with Gasteiger partial charge in [-0.05, 0) is 82.2 Å². The normalized spacial score (nSPS) is 16.9. The van der Waals surface area contributed by atoms with Crippen LogP contribution in [0.3, 0.4) is 0 Å². The van der Waals surface area contributed by atoms with E-state index in [2.05, 4.69) is 77.6 Å². The minimum atomic E-state index is -0.0984. The number of aromatic nitrogens is 5. The number of nitrogens with one attached hydrogen (secondary N) is 2. The number of carbonyl (C=O) groups excluding carboxylic acids is 1. The SMILES string of the molecule is CC[C@@H]1c2nnc(C)n2-c2cnc(Nc3ccc(C(=O)NC4CCN(C)CC4)cc3OC)nc2N1Cc1ccc(Br)cc1. The molecule has 0 aliphatic carbocycles. The van der Waals surface area contributed by atoms with Gasteiger partial charge in [0.25, 0.3) is 5.91 Å². The summed E-state index contributed by atoms with van der Waals surface area (Å²) in [6, 6.07) is 13.9. The lowest BCUT2D eigenvalue weighted by molar-refractivity contribution is 0.0916. The Hall–Kier alpha value is -4.03. The molecule has 0 unspecified atom stereocenters. The van der Waals surface area contributed by atoms with Crippen LogP contribution in [0.1, 0.15) is 59.8 Å². The van der Waals surface area contributed by atoms with E-state index >= 15 is 0 Å². The molecule has 1 saturated heterocycles. The van der Waals surface area contributed by atoms with Crippen LogP contribution in [0.5, 0.6) is 5.75 Å². The van der Waals surface area contributed by atoms with Gasteiger partial charge in [-0.3, -0.25) is 9.36 Å². The van der Waals surface area contributed by atoms with Gasteiger partial charge in [0.1, 0.15) is 17.3 Å². The van der Waals surface area contributed by atoms with Crippen molar-refractivity contribution in [2.75, 3.05) is 37.5 Å². The Bertz CT molecular complexity index is 1620. The zero-order chi connectivity index (χ0) is 30.1. The lowest BCUT2D eigenvalue weighted by atomic mass is 10.0. The van der Waals surface area contributed by atoms with Crippen LogP contribution in [0.2, 0.25) is 0 Å². The highest BCUT2D eigenvalue weighted by Gasteiger charge is 2.35. The standard InChI is InChI=1S/C31H36BrN9O2/c1-5-25-29-38-37-19(2)41(29)26-17-33-31(36-28(26)40(25)18-20-6-9-22(32)10-7-20)35-24-11-8-21(16-27(24)43-4)30(42)34-23-12-14-39(3)15-13-23/h6-11,16-17,23,25H,5,12-15,18H2,1-4H3,(H,34,42)(H,33,35,36)/t25-/m1/s1. The van der Waals surface area contributed by atoms with E-state index in [-0.39, 0.29) is 18.0 Å². The molecule has 2 aliphatic rings. The zero-order valence-electron chi connectivity index (χ0n) is 24.8. The molecular formula is C31H36BrN9O2. The Morgan fingerprint density at radius 2 is 1.88 bits per heavy atom. The Labute approximate surface area is 259 Å². The third kappa shape index (κ3) is 5.94. The minimum Gasteiger partial charge on any atom is -0.495 e. The van der Waals surface area contributed by atoms with Crippen LogP contribution < -0.4 is 20.3 Å². The molecule has 2 aromatic carbocycles. The van der Waals surface area contributed by atoms with E-state index in [9.17, 15) is 4.79 Å². The maximum absolute atomic E-state index is 13.0. The van der Waals surface area contributed by atoms with Gasteiger partial charge in [0.15, 0.2) is 11.6 Å². The number of benzene rings is 2. The van der Waals surface area contributed by atoms with E-state index in [1.807, 2.05) is 29.7 Å². The number of carbonyl (C=O) groups is 1. The first-order valence-electron chi connectivity index (χ1n) is 14.6. The number of piperidine rings is 1. The number of rotatable bonds is 8. The molecule has 2 aromatic heterocycles. The largest absolute Gasteiger partial charge is 0.495 e. The molecule has 1 amide bonds. The fraction of sp³-hybridized carbons (Fsp3) is 0.387. The number of fused-ring (bicyclic) bond motifs is 3. The second-order valence-corrected chi connectivity index (χ2v) is 12.0. The monoisotopic (exact) mass is 645 g/mol. The molecule has 6 rings (SSSR count). The van der Waals surface area contributed by atoms with Crippen molar-refractivity contribution in [3.8, 4) is 11.4 Å². The summed E-state index contributed by atoms with van der Waals surface area (Å²) in [6.07, 6.45) is 4.53. The lowest BCUT2D eigenvalue weighted by Gasteiger charge is -2.37. The van der Waals surface area contributed by atoms with Gasteiger partial charge in [-0.15, -0.1) is 10.2 Å². The number of hydrogen-bond acceptors (Lipinski definition) is 9. The quantitative estimate of drug-likeness (QED) is 0.268. The number of methoxy groups -OCH3 is 1. The zero-order valence-corrected chi connectivity index (χ0v) is 26.4. The molecule has 224 valence electrons. The predicted molar refractivity (Wildman–Crippen MR) is 169 cm³/mol. The van der Waals surface area contributed by atoms with Crippen LogP contribution in [0.4, 0.5) is 17.5 Å². The maximum atomic E-state index is 13.0. The van der Waals surface area contributed by atoms with Crippen molar-refractivity contribution in [3.63, 3.8) is 0 Å². The summed E-state index contributed by atoms with van der Waals surface area (Å²) in [5.74, 6) is 3.31. The summed E-state index contributed by atoms with van der Waals surface area (Å²) < 4.78 is 8.76. The van der Waals surface area contributed by atoms with E-state index in [1.165, 1.54) is 0 Å². The molecular weight excluding hydrogens is 610 g/mol. The first-order chi connectivity index (χ1) is 20.8. The Balaban J connectivity index is 1.29. The molecule has 11 nitrogen and oxygen atoms in total. The second kappa shape index (κ2) is 12.3. The van der Waals surface area contributed by atoms with E-state index in [0.29, 0.717) is 29.5 Å². The predicted octanol–water partition coefficient (Wildman–Crippen LogP) is 5.18. The molecule has 0 radical (unpaired) electrons. The molecule has 0 spiro atoms. The summed E-state index contributed by atoms with van der Waals surface area (Å²) in [5.41, 5.74) is 3.20. The molecule has 1 atom stereocenters. The van der Waals surface area contributed by atoms with Gasteiger partial charge in [0.2, 0.25) is 5.95 Å². The van der Waals surface area contributed by atoms with Crippen LogP contribution in [-0.4, -0.2) is 68.8 Å². The van der Waals surface area contributed by atoms with Gasteiger partial charge in [-0.1, -0.05) is 35.0 Å². The molecule has 0 bridgehead atoms. The first-order valence-corrected chi connectivity index (χ1v) is 15.4. The molecule has 4 aromatic rings. The van der Waals surface area contributed by atoms with Crippen molar-refractivity contribution >= 4 is 39.3 Å². The summed E-state index contributed by atoms with van der Waals surface area (Å²) in [5, 5.41) is 15.4. The highest BCUT2D eigenvalue weighted by molar-refractivity contribution is 9.10. The number of nitrogens with zero attached hydrogens (tertiary/aromatic N) is 7. The Morgan fingerprint density at radius 3 is 2.60 bits per heavy atom. The molecule has 2 aliphatic heterocycles. The highest BCUT2D eigenvalue weighted by atomic mass is 79.9.